The number of hydrogen-bond acceptors (Lipinski definition) is 3. The van der Waals surface area contributed by atoms with Crippen molar-refractivity contribution in [3.05, 3.63) is 138 Å². The molecule has 4 aromatic carbocycles. The second kappa shape index (κ2) is 10.4. The summed E-state index contributed by atoms with van der Waals surface area (Å²) in [5.41, 5.74) is 3.25. The van der Waals surface area contributed by atoms with E-state index in [4.69, 9.17) is 0 Å². The summed E-state index contributed by atoms with van der Waals surface area (Å²) < 4.78 is 28.5. The topological polar surface area (TPSA) is 58.2 Å². The lowest BCUT2D eigenvalue weighted by Gasteiger charge is -2.27. The van der Waals surface area contributed by atoms with E-state index in [1.165, 1.54) is 0 Å². The van der Waals surface area contributed by atoms with Crippen molar-refractivity contribution in [1.29, 1.82) is 0 Å². The smallest absolute Gasteiger partial charge is 0.240 e. The largest absolute Gasteiger partial charge is 0.298 e. The van der Waals surface area contributed by atoms with E-state index in [-0.39, 0.29) is 23.5 Å². The second-order valence-corrected chi connectivity index (χ2v) is 9.32. The Morgan fingerprint density at radius 3 is 1.44 bits per heavy atom. The zero-order chi connectivity index (χ0) is 22.2. The van der Waals surface area contributed by atoms with Gasteiger partial charge in [-0.15, -0.1) is 0 Å². The number of rotatable bonds is 9. The first kappa shape index (κ1) is 22.0. The van der Waals surface area contributed by atoms with Crippen molar-refractivity contribution >= 4 is 10.0 Å². The quantitative estimate of drug-likeness (QED) is 0.380. The Hall–Kier alpha value is -3.25. The first-order chi connectivity index (χ1) is 15.6. The van der Waals surface area contributed by atoms with Crippen LogP contribution in [0.2, 0.25) is 0 Å². The molecule has 162 valence electrons. The lowest BCUT2D eigenvalue weighted by Crippen LogP contribution is -2.37. The molecule has 4 aromatic rings. The Balaban J connectivity index is 1.64. The molecule has 0 aliphatic rings. The highest BCUT2D eigenvalue weighted by Gasteiger charge is 2.22. The van der Waals surface area contributed by atoms with Gasteiger partial charge in [-0.2, -0.15) is 0 Å². The third-order valence-electron chi connectivity index (χ3n) is 5.37. The maximum Gasteiger partial charge on any atom is 0.240 e. The van der Waals surface area contributed by atoms with Crippen LogP contribution in [0.4, 0.5) is 0 Å². The number of benzene rings is 4. The molecule has 0 aromatic heterocycles. The lowest BCUT2D eigenvalue weighted by atomic mass is 9.96. The maximum absolute atomic E-state index is 12.9. The molecule has 0 heterocycles. The molecule has 0 saturated heterocycles. The van der Waals surface area contributed by atoms with Crippen LogP contribution in [0, 0.1) is 0 Å². The van der Waals surface area contributed by atoms with E-state index < -0.39 is 10.0 Å². The van der Waals surface area contributed by atoms with Gasteiger partial charge in [0.15, 0.2) is 0 Å². The van der Waals surface area contributed by atoms with Crippen LogP contribution in [0.25, 0.3) is 0 Å². The molecular formula is C27H26N2O2S. The predicted molar refractivity (Wildman–Crippen MR) is 129 cm³/mol. The van der Waals surface area contributed by atoms with Crippen LogP contribution in [0.3, 0.4) is 0 Å². The Bertz CT molecular complexity index is 1160. The van der Waals surface area contributed by atoms with Crippen LogP contribution < -0.4 is 10.0 Å². The standard InChI is InChI=1S/C27H26N2O2S/c30-32(31,25-19-11-4-12-20-25)28-21-26(22-13-5-1-6-14-22)29-27(23-15-7-2-8-16-23)24-17-9-3-10-18-24/h1-20,26-29H,21H2/t26-/m1/s1. The Morgan fingerprint density at radius 1 is 0.562 bits per heavy atom. The molecule has 0 aliphatic heterocycles. The number of hydrogen-bond donors (Lipinski definition) is 2. The zero-order valence-electron chi connectivity index (χ0n) is 17.6. The monoisotopic (exact) mass is 442 g/mol. The van der Waals surface area contributed by atoms with E-state index in [0.717, 1.165) is 16.7 Å². The predicted octanol–water partition coefficient (Wildman–Crippen LogP) is 5.09. The second-order valence-electron chi connectivity index (χ2n) is 7.55. The highest BCUT2D eigenvalue weighted by Crippen LogP contribution is 2.26. The minimum atomic E-state index is -3.62. The van der Waals surface area contributed by atoms with E-state index in [2.05, 4.69) is 34.3 Å². The fraction of sp³-hybridized carbons (Fsp3) is 0.111. The first-order valence-corrected chi connectivity index (χ1v) is 12.1. The van der Waals surface area contributed by atoms with Gasteiger partial charge >= 0.3 is 0 Å². The third kappa shape index (κ3) is 5.51. The molecule has 0 bridgehead atoms. The Morgan fingerprint density at radius 2 is 0.969 bits per heavy atom. The van der Waals surface area contributed by atoms with Crippen LogP contribution in [0.15, 0.2) is 126 Å². The molecule has 32 heavy (non-hydrogen) atoms. The van der Waals surface area contributed by atoms with Gasteiger partial charge in [0.2, 0.25) is 10.0 Å². The van der Waals surface area contributed by atoms with Gasteiger partial charge < -0.3 is 0 Å². The van der Waals surface area contributed by atoms with E-state index in [9.17, 15) is 8.42 Å². The van der Waals surface area contributed by atoms with Crippen molar-refractivity contribution in [3.63, 3.8) is 0 Å². The molecule has 0 aliphatic carbocycles. The van der Waals surface area contributed by atoms with Gasteiger partial charge in [-0.05, 0) is 28.8 Å². The van der Waals surface area contributed by atoms with Gasteiger partial charge in [-0.1, -0.05) is 109 Å². The molecule has 0 unspecified atom stereocenters. The summed E-state index contributed by atoms with van der Waals surface area (Å²) >= 11 is 0. The maximum atomic E-state index is 12.9. The molecule has 2 N–H and O–H groups in total. The van der Waals surface area contributed by atoms with Crippen LogP contribution >= 0.6 is 0 Å². The average Bonchev–Trinajstić information content (AvgIpc) is 2.86. The molecule has 4 rings (SSSR count). The summed E-state index contributed by atoms with van der Waals surface area (Å²) in [7, 11) is -3.62. The van der Waals surface area contributed by atoms with E-state index in [1.54, 1.807) is 30.3 Å². The van der Waals surface area contributed by atoms with Crippen molar-refractivity contribution in [2.24, 2.45) is 0 Å². The van der Waals surface area contributed by atoms with Gasteiger partial charge in [-0.3, -0.25) is 5.32 Å². The van der Waals surface area contributed by atoms with Crippen molar-refractivity contribution in [3.8, 4) is 0 Å². The Kier molecular flexibility index (Phi) is 7.12. The van der Waals surface area contributed by atoms with Crippen molar-refractivity contribution in [2.75, 3.05) is 6.54 Å². The van der Waals surface area contributed by atoms with Gasteiger partial charge in [0.1, 0.15) is 0 Å². The van der Waals surface area contributed by atoms with Crippen LogP contribution in [-0.4, -0.2) is 15.0 Å². The summed E-state index contributed by atoms with van der Waals surface area (Å²) in [4.78, 5) is 0.259. The molecule has 0 saturated carbocycles. The van der Waals surface area contributed by atoms with Crippen LogP contribution in [-0.2, 0) is 10.0 Å². The van der Waals surface area contributed by atoms with Crippen molar-refractivity contribution < 1.29 is 8.42 Å². The van der Waals surface area contributed by atoms with Gasteiger partial charge in [0.05, 0.1) is 10.9 Å². The minimum Gasteiger partial charge on any atom is -0.298 e. The van der Waals surface area contributed by atoms with Gasteiger partial charge in [-0.25, -0.2) is 13.1 Å². The van der Waals surface area contributed by atoms with E-state index >= 15 is 0 Å². The number of sulfonamides is 1. The molecule has 0 fully saturated rings. The fourth-order valence-corrected chi connectivity index (χ4v) is 4.78. The summed E-state index contributed by atoms with van der Waals surface area (Å²) in [5, 5.41) is 3.70. The number of nitrogens with one attached hydrogen (secondary N) is 2. The molecule has 0 spiro atoms. The first-order valence-electron chi connectivity index (χ1n) is 10.6. The normalized spacial score (nSPS) is 12.5. The molecule has 1 atom stereocenters. The third-order valence-corrected chi connectivity index (χ3v) is 6.81. The van der Waals surface area contributed by atoms with Crippen LogP contribution in [0.1, 0.15) is 28.8 Å². The van der Waals surface area contributed by atoms with Crippen LogP contribution in [0.5, 0.6) is 0 Å². The van der Waals surface area contributed by atoms with Crippen molar-refractivity contribution in [2.45, 2.75) is 17.0 Å². The Labute approximate surface area is 190 Å². The molecule has 0 amide bonds. The molecule has 4 nitrogen and oxygen atoms in total. The molecule has 5 heteroatoms. The highest BCUT2D eigenvalue weighted by atomic mass is 32.2. The molecular weight excluding hydrogens is 416 g/mol. The van der Waals surface area contributed by atoms with E-state index in [0.29, 0.717) is 0 Å². The van der Waals surface area contributed by atoms with Gasteiger partial charge in [0, 0.05) is 12.6 Å². The molecule has 0 radical (unpaired) electrons. The highest BCUT2D eigenvalue weighted by molar-refractivity contribution is 7.89. The SMILES string of the molecule is O=S(=O)(NC[C@@H](NC(c1ccccc1)c1ccccc1)c1ccccc1)c1ccccc1. The minimum absolute atomic E-state index is 0.0937. The summed E-state index contributed by atoms with van der Waals surface area (Å²) in [6.07, 6.45) is 0. The fourth-order valence-electron chi connectivity index (χ4n) is 3.71. The summed E-state index contributed by atoms with van der Waals surface area (Å²) in [5.74, 6) is 0. The summed E-state index contributed by atoms with van der Waals surface area (Å²) in [6.45, 7) is 0.220. The van der Waals surface area contributed by atoms with E-state index in [1.807, 2.05) is 66.7 Å². The van der Waals surface area contributed by atoms with Crippen molar-refractivity contribution in [1.82, 2.24) is 10.0 Å². The lowest BCUT2D eigenvalue weighted by molar-refractivity contribution is 0.475. The average molecular weight is 443 g/mol. The van der Waals surface area contributed by atoms with Gasteiger partial charge in [0.25, 0.3) is 0 Å². The zero-order valence-corrected chi connectivity index (χ0v) is 18.5. The summed E-state index contributed by atoms with van der Waals surface area (Å²) in [6, 6.07) is 38.4.